The monoisotopic (exact) mass is 449 g/mol. The molecule has 0 aromatic heterocycles. The van der Waals surface area contributed by atoms with Gasteiger partial charge in [-0.25, -0.2) is 4.79 Å². The van der Waals surface area contributed by atoms with Gasteiger partial charge in [0.2, 0.25) is 12.7 Å². The Hall–Kier alpha value is -3.55. The van der Waals surface area contributed by atoms with E-state index in [9.17, 15) is 14.4 Å². The fourth-order valence-electron chi connectivity index (χ4n) is 4.78. The standard InChI is InChI=1S/C25H27N3O5/c1-15(17-8-7-16-5-3-4-6-18(16)11-17)26-22(29)13-28-23(30)25(2,27-24(28)31)19-9-10-20-21(12-19)33-14-32-20/h7-12,15H,3-6,13-14H2,1-2H3,(H,26,29)(H,27,31)/t15-,25-/m1/s1. The molecule has 1 fully saturated rings. The van der Waals surface area contributed by atoms with Crippen molar-refractivity contribution < 1.29 is 23.9 Å². The highest BCUT2D eigenvalue weighted by Crippen LogP contribution is 2.37. The summed E-state index contributed by atoms with van der Waals surface area (Å²) in [4.78, 5) is 39.5. The Labute approximate surface area is 192 Å². The summed E-state index contributed by atoms with van der Waals surface area (Å²) < 4.78 is 10.7. The number of carbonyl (C=O) groups excluding carboxylic acids is 3. The van der Waals surface area contributed by atoms with Crippen molar-refractivity contribution in [3.8, 4) is 11.5 Å². The Morgan fingerprint density at radius 1 is 1.09 bits per heavy atom. The maximum Gasteiger partial charge on any atom is 0.325 e. The van der Waals surface area contributed by atoms with Gasteiger partial charge in [-0.2, -0.15) is 0 Å². The van der Waals surface area contributed by atoms with E-state index in [1.807, 2.05) is 13.0 Å². The number of imide groups is 1. The zero-order chi connectivity index (χ0) is 23.2. The summed E-state index contributed by atoms with van der Waals surface area (Å²) in [6.07, 6.45) is 4.57. The minimum Gasteiger partial charge on any atom is -0.454 e. The molecule has 4 amide bonds. The van der Waals surface area contributed by atoms with Crippen molar-refractivity contribution in [2.75, 3.05) is 13.3 Å². The van der Waals surface area contributed by atoms with E-state index in [4.69, 9.17) is 9.47 Å². The molecule has 2 heterocycles. The molecule has 1 saturated heterocycles. The largest absolute Gasteiger partial charge is 0.454 e. The highest BCUT2D eigenvalue weighted by Gasteiger charge is 2.50. The number of carbonyl (C=O) groups is 3. The van der Waals surface area contributed by atoms with Crippen molar-refractivity contribution in [1.29, 1.82) is 0 Å². The second-order valence-corrected chi connectivity index (χ2v) is 9.04. The Morgan fingerprint density at radius 2 is 1.85 bits per heavy atom. The second-order valence-electron chi connectivity index (χ2n) is 9.04. The number of ether oxygens (including phenoxy) is 2. The van der Waals surface area contributed by atoms with Crippen LogP contribution in [0.3, 0.4) is 0 Å². The number of hydrogen-bond acceptors (Lipinski definition) is 5. The van der Waals surface area contributed by atoms with E-state index >= 15 is 0 Å². The molecule has 0 radical (unpaired) electrons. The topological polar surface area (TPSA) is 97.0 Å². The number of urea groups is 1. The van der Waals surface area contributed by atoms with Gasteiger partial charge in [0.25, 0.3) is 5.91 Å². The molecule has 3 aliphatic rings. The molecule has 0 unspecified atom stereocenters. The molecule has 0 saturated carbocycles. The smallest absolute Gasteiger partial charge is 0.325 e. The summed E-state index contributed by atoms with van der Waals surface area (Å²) in [5.41, 5.74) is 3.02. The molecule has 2 aromatic rings. The molecule has 1 aliphatic carbocycles. The van der Waals surface area contributed by atoms with Crippen molar-refractivity contribution in [3.63, 3.8) is 0 Å². The molecule has 0 spiro atoms. The molecule has 5 rings (SSSR count). The Balaban J connectivity index is 1.27. The SMILES string of the molecule is C[C@@H](NC(=O)CN1C(=O)N[C@](C)(c2ccc3c(c2)OCO3)C1=O)c1ccc2c(c1)CCCC2. The van der Waals surface area contributed by atoms with Crippen LogP contribution in [-0.4, -0.2) is 36.1 Å². The fourth-order valence-corrected chi connectivity index (χ4v) is 4.78. The van der Waals surface area contributed by atoms with E-state index in [0.29, 0.717) is 17.1 Å². The van der Waals surface area contributed by atoms with Crippen LogP contribution < -0.4 is 20.1 Å². The lowest BCUT2D eigenvalue weighted by atomic mass is 9.89. The quantitative estimate of drug-likeness (QED) is 0.684. The molecule has 2 aromatic carbocycles. The van der Waals surface area contributed by atoms with Gasteiger partial charge in [-0.15, -0.1) is 0 Å². The first-order valence-electron chi connectivity index (χ1n) is 11.3. The third-order valence-electron chi connectivity index (χ3n) is 6.78. The first-order valence-corrected chi connectivity index (χ1v) is 11.3. The van der Waals surface area contributed by atoms with Gasteiger partial charge in [0.1, 0.15) is 12.1 Å². The lowest BCUT2D eigenvalue weighted by Crippen LogP contribution is -2.43. The van der Waals surface area contributed by atoms with Crippen molar-refractivity contribution in [2.24, 2.45) is 0 Å². The van der Waals surface area contributed by atoms with Crippen LogP contribution in [0.4, 0.5) is 4.79 Å². The van der Waals surface area contributed by atoms with Gasteiger partial charge in [0, 0.05) is 0 Å². The molecule has 33 heavy (non-hydrogen) atoms. The predicted octanol–water partition coefficient (Wildman–Crippen LogP) is 2.94. The van der Waals surface area contributed by atoms with Gasteiger partial charge >= 0.3 is 6.03 Å². The maximum absolute atomic E-state index is 13.2. The number of nitrogens with one attached hydrogen (secondary N) is 2. The van der Waals surface area contributed by atoms with Crippen LogP contribution in [0.25, 0.3) is 0 Å². The summed E-state index contributed by atoms with van der Waals surface area (Å²) in [5.74, 6) is 0.235. The number of aryl methyl sites for hydroxylation is 2. The number of amides is 4. The average Bonchev–Trinajstić information content (AvgIpc) is 3.37. The second kappa shape index (κ2) is 8.10. The molecule has 0 bridgehead atoms. The van der Waals surface area contributed by atoms with Crippen molar-refractivity contribution in [2.45, 2.75) is 51.1 Å². The summed E-state index contributed by atoms with van der Waals surface area (Å²) in [7, 11) is 0. The minimum atomic E-state index is -1.29. The van der Waals surface area contributed by atoms with Crippen LogP contribution in [0.15, 0.2) is 36.4 Å². The molecule has 2 N–H and O–H groups in total. The Bertz CT molecular complexity index is 1150. The molecule has 8 heteroatoms. The summed E-state index contributed by atoms with van der Waals surface area (Å²) in [5, 5.41) is 5.65. The number of rotatable bonds is 5. The van der Waals surface area contributed by atoms with Crippen LogP contribution >= 0.6 is 0 Å². The third kappa shape index (κ3) is 3.79. The van der Waals surface area contributed by atoms with E-state index in [0.717, 1.165) is 23.3 Å². The predicted molar refractivity (Wildman–Crippen MR) is 120 cm³/mol. The van der Waals surface area contributed by atoms with E-state index in [1.54, 1.807) is 25.1 Å². The van der Waals surface area contributed by atoms with Gasteiger partial charge in [-0.05, 0) is 73.9 Å². The van der Waals surface area contributed by atoms with E-state index < -0.39 is 23.4 Å². The third-order valence-corrected chi connectivity index (χ3v) is 6.78. The number of nitrogens with zero attached hydrogens (tertiary/aromatic N) is 1. The van der Waals surface area contributed by atoms with E-state index in [1.165, 1.54) is 24.0 Å². The van der Waals surface area contributed by atoms with Gasteiger partial charge in [-0.1, -0.05) is 24.3 Å². The lowest BCUT2D eigenvalue weighted by molar-refractivity contribution is -0.135. The van der Waals surface area contributed by atoms with Gasteiger partial charge in [-0.3, -0.25) is 14.5 Å². The van der Waals surface area contributed by atoms with Crippen LogP contribution in [0.5, 0.6) is 11.5 Å². The van der Waals surface area contributed by atoms with Gasteiger partial charge in [0.05, 0.1) is 6.04 Å². The normalized spacial score (nSPS) is 22.1. The van der Waals surface area contributed by atoms with Crippen molar-refractivity contribution in [3.05, 3.63) is 58.7 Å². The van der Waals surface area contributed by atoms with Gasteiger partial charge < -0.3 is 20.1 Å². The average molecular weight is 450 g/mol. The summed E-state index contributed by atoms with van der Waals surface area (Å²) >= 11 is 0. The van der Waals surface area contributed by atoms with E-state index in [-0.39, 0.29) is 19.4 Å². The minimum absolute atomic E-state index is 0.116. The molecule has 2 atom stereocenters. The zero-order valence-electron chi connectivity index (χ0n) is 18.8. The molecule has 172 valence electrons. The zero-order valence-corrected chi connectivity index (χ0v) is 18.8. The first kappa shape index (κ1) is 21.3. The number of fused-ring (bicyclic) bond motifs is 2. The maximum atomic E-state index is 13.2. The van der Waals surface area contributed by atoms with Crippen LogP contribution in [0, 0.1) is 0 Å². The van der Waals surface area contributed by atoms with Crippen molar-refractivity contribution in [1.82, 2.24) is 15.5 Å². The Kier molecular flexibility index (Phi) is 5.23. The Morgan fingerprint density at radius 3 is 2.67 bits per heavy atom. The van der Waals surface area contributed by atoms with Crippen LogP contribution in [0.2, 0.25) is 0 Å². The van der Waals surface area contributed by atoms with Crippen LogP contribution in [-0.2, 0) is 28.0 Å². The summed E-state index contributed by atoms with van der Waals surface area (Å²) in [6.45, 7) is 3.30. The first-order chi connectivity index (χ1) is 15.8. The number of hydrogen-bond donors (Lipinski definition) is 2. The fraction of sp³-hybridized carbons (Fsp3) is 0.400. The number of benzene rings is 2. The lowest BCUT2D eigenvalue weighted by Gasteiger charge is -2.23. The highest BCUT2D eigenvalue weighted by molar-refractivity contribution is 6.09. The van der Waals surface area contributed by atoms with Crippen LogP contribution in [0.1, 0.15) is 55.0 Å². The van der Waals surface area contributed by atoms with E-state index in [2.05, 4.69) is 22.8 Å². The highest BCUT2D eigenvalue weighted by atomic mass is 16.7. The summed E-state index contributed by atoms with van der Waals surface area (Å²) in [6, 6.07) is 10.6. The molecular weight excluding hydrogens is 422 g/mol. The molecule has 8 nitrogen and oxygen atoms in total. The molecular formula is C25H27N3O5. The van der Waals surface area contributed by atoms with Gasteiger partial charge in [0.15, 0.2) is 11.5 Å². The van der Waals surface area contributed by atoms with Crippen molar-refractivity contribution >= 4 is 17.8 Å². The molecule has 2 aliphatic heterocycles.